The maximum Gasteiger partial charge on any atom is 0.257 e. The second-order valence-electron chi connectivity index (χ2n) is 5.54. The van der Waals surface area contributed by atoms with Gasteiger partial charge in [0.05, 0.1) is 16.8 Å². The molecule has 6 heteroatoms. The van der Waals surface area contributed by atoms with Gasteiger partial charge in [-0.05, 0) is 48.0 Å². The average Bonchev–Trinajstić information content (AvgIpc) is 3.21. The van der Waals surface area contributed by atoms with Gasteiger partial charge in [-0.1, -0.05) is 35.9 Å². The van der Waals surface area contributed by atoms with Crippen molar-refractivity contribution in [2.45, 2.75) is 0 Å². The number of allylic oxidation sites excluding steroid dienone is 1. The smallest absolute Gasteiger partial charge is 0.257 e. The summed E-state index contributed by atoms with van der Waals surface area (Å²) in [5.41, 5.74) is 1.38. The topological polar surface area (TPSA) is 83.1 Å². The molecular weight excluding hydrogens is 364 g/mol. The normalized spacial score (nSPS) is 10.9. The molecule has 1 amide bonds. The van der Waals surface area contributed by atoms with Crippen LogP contribution in [-0.4, -0.2) is 11.7 Å². The highest BCUT2D eigenvalue weighted by atomic mass is 35.5. The molecule has 3 rings (SSSR count). The van der Waals surface area contributed by atoms with Crippen LogP contribution in [0.1, 0.15) is 26.5 Å². The number of nitriles is 1. The number of amides is 1. The van der Waals surface area contributed by atoms with Gasteiger partial charge in [-0.2, -0.15) is 5.26 Å². The summed E-state index contributed by atoms with van der Waals surface area (Å²) in [6.07, 6.45) is 2.81. The molecule has 132 valence electrons. The van der Waals surface area contributed by atoms with E-state index in [1.54, 1.807) is 54.6 Å². The lowest BCUT2D eigenvalue weighted by Crippen LogP contribution is -2.12. The molecule has 5 nitrogen and oxygen atoms in total. The van der Waals surface area contributed by atoms with Crippen LogP contribution in [0.5, 0.6) is 0 Å². The van der Waals surface area contributed by atoms with E-state index < -0.39 is 5.78 Å². The minimum atomic E-state index is -0.506. The zero-order valence-corrected chi connectivity index (χ0v) is 14.7. The number of rotatable bonds is 5. The van der Waals surface area contributed by atoms with Gasteiger partial charge in [-0.3, -0.25) is 9.59 Å². The van der Waals surface area contributed by atoms with E-state index in [2.05, 4.69) is 5.32 Å². The Morgan fingerprint density at radius 3 is 2.59 bits per heavy atom. The number of Topliss-reactive ketones (excluding diaryl/α,β-unsaturated/α-hetero) is 1. The highest BCUT2D eigenvalue weighted by Crippen LogP contribution is 2.19. The number of ketones is 1. The van der Waals surface area contributed by atoms with Crippen molar-refractivity contribution in [3.05, 3.63) is 94.4 Å². The summed E-state index contributed by atoms with van der Waals surface area (Å²) < 4.78 is 5.04. The van der Waals surface area contributed by atoms with Gasteiger partial charge in [0.25, 0.3) is 5.91 Å². The summed E-state index contributed by atoms with van der Waals surface area (Å²) in [6, 6.07) is 18.5. The molecule has 0 unspecified atom stereocenters. The number of benzene rings is 2. The van der Waals surface area contributed by atoms with Crippen LogP contribution in [0.15, 0.2) is 76.9 Å². The third-order valence-corrected chi connectivity index (χ3v) is 4.01. The van der Waals surface area contributed by atoms with Crippen molar-refractivity contribution in [1.29, 1.82) is 5.26 Å². The summed E-state index contributed by atoms with van der Waals surface area (Å²) in [7, 11) is 0. The number of nitrogens with zero attached hydrogens (tertiary/aromatic N) is 1. The van der Waals surface area contributed by atoms with Crippen LogP contribution >= 0.6 is 11.6 Å². The number of furan rings is 1. The predicted molar refractivity (Wildman–Crippen MR) is 102 cm³/mol. The highest BCUT2D eigenvalue weighted by Gasteiger charge is 2.15. The SMILES string of the molecule is N#C/C(=C\c1cccc(NC(=O)c2ccccc2Cl)c1)C(=O)c1ccco1. The van der Waals surface area contributed by atoms with Gasteiger partial charge < -0.3 is 9.73 Å². The van der Waals surface area contributed by atoms with Crippen molar-refractivity contribution in [3.8, 4) is 6.07 Å². The first-order valence-corrected chi connectivity index (χ1v) is 8.32. The fourth-order valence-corrected chi connectivity index (χ4v) is 2.63. The van der Waals surface area contributed by atoms with E-state index in [0.717, 1.165) is 0 Å². The molecule has 1 N–H and O–H groups in total. The van der Waals surface area contributed by atoms with Crippen LogP contribution in [0.25, 0.3) is 6.08 Å². The fourth-order valence-electron chi connectivity index (χ4n) is 2.41. The number of anilines is 1. The largest absolute Gasteiger partial charge is 0.461 e. The number of carbonyl (C=O) groups excluding carboxylic acids is 2. The Hall–Kier alpha value is -3.62. The van der Waals surface area contributed by atoms with Crippen molar-refractivity contribution in [1.82, 2.24) is 0 Å². The second-order valence-corrected chi connectivity index (χ2v) is 5.94. The third-order valence-electron chi connectivity index (χ3n) is 3.68. The van der Waals surface area contributed by atoms with Crippen LogP contribution in [0.3, 0.4) is 0 Å². The van der Waals surface area contributed by atoms with Gasteiger partial charge in [0, 0.05) is 5.69 Å². The number of carbonyl (C=O) groups is 2. The summed E-state index contributed by atoms with van der Waals surface area (Å²) in [4.78, 5) is 24.6. The Morgan fingerprint density at radius 1 is 1.07 bits per heavy atom. The number of nitrogens with one attached hydrogen (secondary N) is 1. The molecule has 27 heavy (non-hydrogen) atoms. The molecule has 0 saturated heterocycles. The Labute approximate surface area is 160 Å². The fraction of sp³-hybridized carbons (Fsp3) is 0. The molecule has 0 saturated carbocycles. The molecule has 0 aliphatic heterocycles. The summed E-state index contributed by atoms with van der Waals surface area (Å²) >= 11 is 6.04. The average molecular weight is 377 g/mol. The first-order chi connectivity index (χ1) is 13.1. The Balaban J connectivity index is 1.83. The predicted octanol–water partition coefficient (Wildman–Crippen LogP) is 4.98. The zero-order chi connectivity index (χ0) is 19.2. The lowest BCUT2D eigenvalue weighted by atomic mass is 10.1. The lowest BCUT2D eigenvalue weighted by molar-refractivity contribution is 0.101. The quantitative estimate of drug-likeness (QED) is 0.387. The van der Waals surface area contributed by atoms with E-state index in [-0.39, 0.29) is 17.2 Å². The van der Waals surface area contributed by atoms with Crippen LogP contribution in [0.2, 0.25) is 5.02 Å². The molecule has 0 radical (unpaired) electrons. The van der Waals surface area contributed by atoms with Crippen molar-refractivity contribution in [3.63, 3.8) is 0 Å². The minimum Gasteiger partial charge on any atom is -0.461 e. The summed E-state index contributed by atoms with van der Waals surface area (Å²) in [6.45, 7) is 0. The van der Waals surface area contributed by atoms with Crippen LogP contribution in [-0.2, 0) is 0 Å². The number of hydrogen-bond acceptors (Lipinski definition) is 4. The van der Waals surface area contributed by atoms with Gasteiger partial charge in [0.2, 0.25) is 5.78 Å². The maximum atomic E-state index is 12.4. The van der Waals surface area contributed by atoms with Gasteiger partial charge >= 0.3 is 0 Å². The molecular formula is C21H13ClN2O3. The monoisotopic (exact) mass is 376 g/mol. The second kappa shape index (κ2) is 8.17. The molecule has 0 aliphatic rings. The van der Waals surface area contributed by atoms with Gasteiger partial charge in [0.1, 0.15) is 11.6 Å². The van der Waals surface area contributed by atoms with E-state index in [0.29, 0.717) is 21.8 Å². The molecule has 0 bridgehead atoms. The van der Waals surface area contributed by atoms with Crippen molar-refractivity contribution >= 4 is 35.1 Å². The van der Waals surface area contributed by atoms with E-state index >= 15 is 0 Å². The van der Waals surface area contributed by atoms with Gasteiger partial charge in [-0.25, -0.2) is 0 Å². The summed E-state index contributed by atoms with van der Waals surface area (Å²) in [5.74, 6) is -0.770. The Kier molecular flexibility index (Phi) is 5.50. The van der Waals surface area contributed by atoms with E-state index in [9.17, 15) is 14.9 Å². The molecule has 3 aromatic rings. The standard InChI is InChI=1S/C21H13ClN2O3/c22-18-8-2-1-7-17(18)21(26)24-16-6-3-5-14(12-16)11-15(13-23)20(25)19-9-4-10-27-19/h1-12H,(H,24,26)/b15-11+. The first-order valence-electron chi connectivity index (χ1n) is 7.94. The molecule has 0 fully saturated rings. The summed E-state index contributed by atoms with van der Waals surface area (Å²) in [5, 5.41) is 12.4. The van der Waals surface area contributed by atoms with Crippen LogP contribution in [0.4, 0.5) is 5.69 Å². The Morgan fingerprint density at radius 2 is 1.89 bits per heavy atom. The number of hydrogen-bond donors (Lipinski definition) is 1. The highest BCUT2D eigenvalue weighted by molar-refractivity contribution is 6.34. The van der Waals surface area contributed by atoms with Crippen LogP contribution in [0, 0.1) is 11.3 Å². The minimum absolute atomic E-state index is 0.0699. The molecule has 2 aromatic carbocycles. The lowest BCUT2D eigenvalue weighted by Gasteiger charge is -2.07. The van der Waals surface area contributed by atoms with Crippen molar-refractivity contribution in [2.75, 3.05) is 5.32 Å². The molecule has 0 atom stereocenters. The van der Waals surface area contributed by atoms with E-state index in [1.807, 2.05) is 6.07 Å². The number of halogens is 1. The molecule has 1 aromatic heterocycles. The van der Waals surface area contributed by atoms with Gasteiger partial charge in [-0.15, -0.1) is 0 Å². The molecule has 0 aliphatic carbocycles. The first kappa shape index (κ1) is 18.2. The van der Waals surface area contributed by atoms with Crippen LogP contribution < -0.4 is 5.32 Å². The maximum absolute atomic E-state index is 12.4. The molecule has 1 heterocycles. The molecule has 0 spiro atoms. The van der Waals surface area contributed by atoms with E-state index in [4.69, 9.17) is 16.0 Å². The van der Waals surface area contributed by atoms with Crippen molar-refractivity contribution in [2.24, 2.45) is 0 Å². The zero-order valence-electron chi connectivity index (χ0n) is 14.0. The van der Waals surface area contributed by atoms with Crippen molar-refractivity contribution < 1.29 is 14.0 Å². The Bertz CT molecular complexity index is 1060. The van der Waals surface area contributed by atoms with Gasteiger partial charge in [0.15, 0.2) is 5.76 Å². The third kappa shape index (κ3) is 4.32. The van der Waals surface area contributed by atoms with E-state index in [1.165, 1.54) is 18.4 Å².